The fraction of sp³-hybridized carbons (Fsp3) is 0.273. The minimum absolute atomic E-state index is 0.321. The van der Waals surface area contributed by atoms with Crippen LogP contribution in [0, 0.1) is 0 Å². The molecule has 20 heavy (non-hydrogen) atoms. The van der Waals surface area contributed by atoms with Gasteiger partial charge in [0.2, 0.25) is 0 Å². The molecule has 5 nitrogen and oxygen atoms in total. The highest BCUT2D eigenvalue weighted by molar-refractivity contribution is 6.33. The largest absolute Gasteiger partial charge is 0.465 e. The number of allylic oxidation sites excluding steroid dienone is 3. The van der Waals surface area contributed by atoms with E-state index in [0.717, 1.165) is 14.2 Å². The number of carbonyl (C=O) groups excluding carboxylic acids is 2. The van der Waals surface area contributed by atoms with Crippen LogP contribution in [-0.4, -0.2) is 32.3 Å². The van der Waals surface area contributed by atoms with E-state index in [1.807, 2.05) is 0 Å². The molecule has 0 radical (unpaired) electrons. The monoisotopic (exact) mass is 311 g/mol. The van der Waals surface area contributed by atoms with E-state index in [-0.39, 0.29) is 5.70 Å². The first kappa shape index (κ1) is 16.1. The van der Waals surface area contributed by atoms with Crippen LogP contribution in [-0.2, 0) is 19.1 Å². The van der Waals surface area contributed by atoms with Gasteiger partial charge in [0.25, 0.3) is 0 Å². The molecule has 1 rings (SSSR count). The second kappa shape index (κ2) is 6.00. The van der Waals surface area contributed by atoms with Gasteiger partial charge >= 0.3 is 18.1 Å². The minimum Gasteiger partial charge on any atom is -0.465 e. The highest BCUT2D eigenvalue weighted by atomic mass is 35.5. The number of alkyl halides is 3. The predicted octanol–water partition coefficient (Wildman–Crippen LogP) is 1.76. The second-order valence-electron chi connectivity index (χ2n) is 3.47. The summed E-state index contributed by atoms with van der Waals surface area (Å²) in [5.41, 5.74) is -2.01. The quantitative estimate of drug-likeness (QED) is 0.364. The fourth-order valence-electron chi connectivity index (χ4n) is 1.32. The Morgan fingerprint density at radius 2 is 1.70 bits per heavy atom. The molecule has 1 heterocycles. The number of ether oxygens (including phenoxy) is 2. The summed E-state index contributed by atoms with van der Waals surface area (Å²) in [6.07, 6.45) is -3.46. The van der Waals surface area contributed by atoms with E-state index in [2.05, 4.69) is 14.8 Å². The summed E-state index contributed by atoms with van der Waals surface area (Å²) >= 11 is 5.66. The maximum atomic E-state index is 12.5. The molecule has 0 saturated heterocycles. The SMILES string of the molecule is COC(=O)C(C(=O)OC)=C1NC=C(C(F)(F)F)C=C1Cl. The molecule has 1 aliphatic rings. The average molecular weight is 312 g/mol. The topological polar surface area (TPSA) is 64.6 Å². The molecule has 110 valence electrons. The number of hydrogen-bond donors (Lipinski definition) is 1. The van der Waals surface area contributed by atoms with Gasteiger partial charge in [-0.15, -0.1) is 0 Å². The third-order valence-corrected chi connectivity index (χ3v) is 2.55. The summed E-state index contributed by atoms with van der Waals surface area (Å²) in [5.74, 6) is -2.18. The van der Waals surface area contributed by atoms with Gasteiger partial charge in [0.05, 0.1) is 30.5 Å². The molecule has 0 unspecified atom stereocenters. The van der Waals surface area contributed by atoms with Crippen LogP contribution in [0.2, 0.25) is 0 Å². The number of methoxy groups -OCH3 is 2. The molecule has 0 aliphatic carbocycles. The van der Waals surface area contributed by atoms with Crippen LogP contribution in [0.4, 0.5) is 13.2 Å². The van der Waals surface area contributed by atoms with Crippen LogP contribution in [0.1, 0.15) is 0 Å². The van der Waals surface area contributed by atoms with Crippen molar-refractivity contribution in [2.75, 3.05) is 14.2 Å². The lowest BCUT2D eigenvalue weighted by Crippen LogP contribution is -2.26. The molecule has 0 fully saturated rings. The van der Waals surface area contributed by atoms with Gasteiger partial charge < -0.3 is 14.8 Å². The van der Waals surface area contributed by atoms with E-state index < -0.39 is 34.3 Å². The lowest BCUT2D eigenvalue weighted by molar-refractivity contribution is -0.144. The third-order valence-electron chi connectivity index (χ3n) is 2.25. The summed E-state index contributed by atoms with van der Waals surface area (Å²) < 4.78 is 46.2. The van der Waals surface area contributed by atoms with E-state index in [1.165, 1.54) is 0 Å². The number of nitrogens with one attached hydrogen (secondary N) is 1. The lowest BCUT2D eigenvalue weighted by Gasteiger charge is -2.18. The number of esters is 2. The van der Waals surface area contributed by atoms with Crippen molar-refractivity contribution in [3.05, 3.63) is 34.2 Å². The highest BCUT2D eigenvalue weighted by Gasteiger charge is 2.36. The Hall–Kier alpha value is -1.96. The lowest BCUT2D eigenvalue weighted by atomic mass is 10.1. The molecule has 0 aromatic heterocycles. The molecule has 0 atom stereocenters. The van der Waals surface area contributed by atoms with Crippen molar-refractivity contribution in [1.29, 1.82) is 0 Å². The number of rotatable bonds is 2. The zero-order valence-corrected chi connectivity index (χ0v) is 11.1. The Bertz CT molecular complexity index is 516. The molecule has 1 N–H and O–H groups in total. The smallest absolute Gasteiger partial charge is 0.417 e. The van der Waals surface area contributed by atoms with Crippen molar-refractivity contribution >= 4 is 23.5 Å². The van der Waals surface area contributed by atoms with Gasteiger partial charge in [-0.3, -0.25) is 0 Å². The van der Waals surface area contributed by atoms with Gasteiger partial charge in [0.15, 0.2) is 5.57 Å². The van der Waals surface area contributed by atoms with Gasteiger partial charge in [0, 0.05) is 6.20 Å². The van der Waals surface area contributed by atoms with Gasteiger partial charge in [-0.05, 0) is 6.08 Å². The maximum absolute atomic E-state index is 12.5. The Labute approximate surface area is 116 Å². The molecule has 0 bridgehead atoms. The zero-order chi connectivity index (χ0) is 15.5. The number of dihydropyridines is 1. The van der Waals surface area contributed by atoms with Crippen molar-refractivity contribution in [2.45, 2.75) is 6.18 Å². The van der Waals surface area contributed by atoms with Gasteiger partial charge in [-0.1, -0.05) is 11.6 Å². The van der Waals surface area contributed by atoms with Gasteiger partial charge in [0.1, 0.15) is 0 Å². The summed E-state index contributed by atoms with van der Waals surface area (Å²) in [5, 5.41) is 1.68. The number of carbonyl (C=O) groups is 2. The van der Waals surface area contributed by atoms with Crippen LogP contribution < -0.4 is 5.32 Å². The van der Waals surface area contributed by atoms with Crippen LogP contribution in [0.3, 0.4) is 0 Å². The molecule has 0 saturated carbocycles. The Balaban J connectivity index is 3.29. The first-order valence-corrected chi connectivity index (χ1v) is 5.42. The maximum Gasteiger partial charge on any atom is 0.417 e. The normalized spacial score (nSPS) is 14.8. The zero-order valence-electron chi connectivity index (χ0n) is 10.3. The molecular weight excluding hydrogens is 303 g/mol. The van der Waals surface area contributed by atoms with Crippen molar-refractivity contribution in [3.8, 4) is 0 Å². The Morgan fingerprint density at radius 3 is 2.05 bits per heavy atom. The van der Waals surface area contributed by atoms with Crippen molar-refractivity contribution < 1.29 is 32.2 Å². The predicted molar refractivity (Wildman–Crippen MR) is 62.3 cm³/mol. The molecule has 0 aromatic rings. The van der Waals surface area contributed by atoms with Crippen LogP contribution in [0.25, 0.3) is 0 Å². The first-order chi connectivity index (χ1) is 9.22. The van der Waals surface area contributed by atoms with E-state index in [0.29, 0.717) is 12.3 Å². The first-order valence-electron chi connectivity index (χ1n) is 5.04. The summed E-state index contributed by atoms with van der Waals surface area (Å²) in [6.45, 7) is 0. The van der Waals surface area contributed by atoms with Crippen LogP contribution in [0.5, 0.6) is 0 Å². The Morgan fingerprint density at radius 1 is 1.20 bits per heavy atom. The van der Waals surface area contributed by atoms with Crippen LogP contribution in [0.15, 0.2) is 34.2 Å². The number of hydrogen-bond acceptors (Lipinski definition) is 5. The molecule has 1 aliphatic heterocycles. The third kappa shape index (κ3) is 3.32. The standard InChI is InChI=1S/C11H9ClF3NO4/c1-19-9(17)7(10(18)20-2)8-6(12)3-5(4-16-8)11(13,14)15/h3-4,16H,1-2H3. The summed E-state index contributed by atoms with van der Waals surface area (Å²) in [7, 11) is 2.01. The van der Waals surface area contributed by atoms with E-state index in [1.54, 1.807) is 0 Å². The van der Waals surface area contributed by atoms with Gasteiger partial charge in [-0.2, -0.15) is 13.2 Å². The van der Waals surface area contributed by atoms with Crippen molar-refractivity contribution in [2.24, 2.45) is 0 Å². The summed E-state index contributed by atoms with van der Waals surface area (Å²) in [4.78, 5) is 23.0. The molecule has 0 spiro atoms. The van der Waals surface area contributed by atoms with Crippen molar-refractivity contribution in [3.63, 3.8) is 0 Å². The minimum atomic E-state index is -4.62. The second-order valence-corrected chi connectivity index (χ2v) is 3.87. The van der Waals surface area contributed by atoms with Crippen LogP contribution >= 0.6 is 11.6 Å². The van der Waals surface area contributed by atoms with E-state index in [9.17, 15) is 22.8 Å². The Kier molecular flexibility index (Phi) is 4.83. The van der Waals surface area contributed by atoms with E-state index in [4.69, 9.17) is 11.6 Å². The fourth-order valence-corrected chi connectivity index (χ4v) is 1.58. The van der Waals surface area contributed by atoms with E-state index >= 15 is 0 Å². The van der Waals surface area contributed by atoms with Gasteiger partial charge in [-0.25, -0.2) is 9.59 Å². The average Bonchev–Trinajstić information content (AvgIpc) is 2.38. The summed E-state index contributed by atoms with van der Waals surface area (Å²) in [6, 6.07) is 0. The highest BCUT2D eigenvalue weighted by Crippen LogP contribution is 2.32. The number of halogens is 4. The molecule has 9 heteroatoms. The molecule has 0 amide bonds. The molecule has 0 aromatic carbocycles. The molecular formula is C11H9ClF3NO4. The van der Waals surface area contributed by atoms with Crippen molar-refractivity contribution in [1.82, 2.24) is 5.32 Å².